The summed E-state index contributed by atoms with van der Waals surface area (Å²) >= 11 is 9.23. The molecule has 1 heterocycles. The Morgan fingerprint density at radius 3 is 2.33 bits per heavy atom. The minimum atomic E-state index is 0.343. The quantitative estimate of drug-likeness (QED) is 0.810. The van der Waals surface area contributed by atoms with Gasteiger partial charge in [0.15, 0.2) is 5.15 Å². The Morgan fingerprint density at radius 2 is 1.73 bits per heavy atom. The number of benzene rings is 1. The zero-order valence-electron chi connectivity index (χ0n) is 7.74. The Hall–Kier alpha value is -1.06. The maximum atomic E-state index is 5.85. The number of nitrogen functional groups attached to an aromatic ring is 1. The average Bonchev–Trinajstić information content (AvgIpc) is 2.23. The van der Waals surface area contributed by atoms with Crippen LogP contribution < -0.4 is 5.73 Å². The van der Waals surface area contributed by atoms with Crippen molar-refractivity contribution >= 4 is 33.2 Å². The van der Waals surface area contributed by atoms with E-state index < -0.39 is 0 Å². The third-order valence-electron chi connectivity index (χ3n) is 2.02. The van der Waals surface area contributed by atoms with Gasteiger partial charge >= 0.3 is 0 Å². The van der Waals surface area contributed by atoms with Gasteiger partial charge in [-0.05, 0) is 24.3 Å². The van der Waals surface area contributed by atoms with Crippen LogP contribution in [0.5, 0.6) is 0 Å². The minimum Gasteiger partial charge on any atom is -0.396 e. The van der Waals surface area contributed by atoms with E-state index in [1.165, 1.54) is 0 Å². The van der Waals surface area contributed by atoms with Crippen LogP contribution >= 0.6 is 27.5 Å². The number of anilines is 1. The van der Waals surface area contributed by atoms with Crippen molar-refractivity contribution < 1.29 is 0 Å². The summed E-state index contributed by atoms with van der Waals surface area (Å²) in [5, 5.41) is 0.343. The number of nitrogens with two attached hydrogens (primary N) is 1. The van der Waals surface area contributed by atoms with Crippen molar-refractivity contribution in [2.24, 2.45) is 0 Å². The maximum Gasteiger partial charge on any atom is 0.152 e. The van der Waals surface area contributed by atoms with E-state index in [0.29, 0.717) is 10.8 Å². The monoisotopic (exact) mass is 282 g/mol. The van der Waals surface area contributed by atoms with Gasteiger partial charge in [0.05, 0.1) is 11.4 Å². The Bertz CT molecular complexity index is 482. The van der Waals surface area contributed by atoms with Crippen molar-refractivity contribution in [2.75, 3.05) is 5.73 Å². The normalized spacial score (nSPS) is 10.3. The summed E-state index contributed by atoms with van der Waals surface area (Å²) in [6.07, 6.45) is 0. The van der Waals surface area contributed by atoms with Gasteiger partial charge in [-0.1, -0.05) is 39.7 Å². The molecule has 0 unspecified atom stereocenters. The number of rotatable bonds is 1. The van der Waals surface area contributed by atoms with Gasteiger partial charge < -0.3 is 5.73 Å². The molecule has 2 aromatic rings. The highest BCUT2D eigenvalue weighted by Crippen LogP contribution is 2.24. The average molecular weight is 284 g/mol. The molecule has 2 rings (SSSR count). The molecule has 0 amide bonds. The third kappa shape index (κ3) is 2.30. The largest absolute Gasteiger partial charge is 0.396 e. The SMILES string of the molecule is Nc1ccc(-c2ccc(Br)cc2)nc1Cl. The molecule has 1 aromatic heterocycles. The summed E-state index contributed by atoms with van der Waals surface area (Å²) < 4.78 is 1.03. The van der Waals surface area contributed by atoms with Gasteiger partial charge in [0, 0.05) is 10.0 Å². The maximum absolute atomic E-state index is 5.85. The number of hydrogen-bond acceptors (Lipinski definition) is 2. The van der Waals surface area contributed by atoms with Gasteiger partial charge in [0.25, 0.3) is 0 Å². The number of aromatic nitrogens is 1. The Morgan fingerprint density at radius 1 is 1.07 bits per heavy atom. The Labute approximate surface area is 101 Å². The number of hydrogen-bond donors (Lipinski definition) is 1. The number of halogens is 2. The number of nitrogens with zero attached hydrogens (tertiary/aromatic N) is 1. The molecule has 4 heteroatoms. The summed E-state index contributed by atoms with van der Waals surface area (Å²) in [5.41, 5.74) is 7.92. The molecule has 0 saturated heterocycles. The first kappa shape index (κ1) is 10.5. The van der Waals surface area contributed by atoms with Crippen LogP contribution in [0.25, 0.3) is 11.3 Å². The summed E-state index contributed by atoms with van der Waals surface area (Å²) in [6.45, 7) is 0. The molecule has 0 aliphatic rings. The highest BCUT2D eigenvalue weighted by molar-refractivity contribution is 9.10. The Kier molecular flexibility index (Phi) is 2.93. The molecular weight excluding hydrogens is 275 g/mol. The fourth-order valence-corrected chi connectivity index (χ4v) is 1.64. The topological polar surface area (TPSA) is 38.9 Å². The van der Waals surface area contributed by atoms with E-state index in [-0.39, 0.29) is 0 Å². The minimum absolute atomic E-state index is 0.343. The smallest absolute Gasteiger partial charge is 0.152 e. The zero-order chi connectivity index (χ0) is 10.8. The molecule has 0 radical (unpaired) electrons. The van der Waals surface area contributed by atoms with Crippen LogP contribution in [0.4, 0.5) is 5.69 Å². The molecule has 0 atom stereocenters. The second-order valence-corrected chi connectivity index (χ2v) is 4.36. The van der Waals surface area contributed by atoms with Crippen molar-refractivity contribution in [3.63, 3.8) is 0 Å². The van der Waals surface area contributed by atoms with Crippen molar-refractivity contribution in [1.29, 1.82) is 0 Å². The fraction of sp³-hybridized carbons (Fsp3) is 0. The highest BCUT2D eigenvalue weighted by Gasteiger charge is 2.02. The lowest BCUT2D eigenvalue weighted by atomic mass is 10.1. The number of pyridine rings is 1. The molecule has 15 heavy (non-hydrogen) atoms. The van der Waals surface area contributed by atoms with Crippen molar-refractivity contribution in [1.82, 2.24) is 4.98 Å². The molecule has 76 valence electrons. The first-order valence-corrected chi connectivity index (χ1v) is 5.52. The van der Waals surface area contributed by atoms with E-state index >= 15 is 0 Å². The van der Waals surface area contributed by atoms with E-state index in [1.807, 2.05) is 30.3 Å². The van der Waals surface area contributed by atoms with Crippen LogP contribution in [0.1, 0.15) is 0 Å². The van der Waals surface area contributed by atoms with Crippen LogP contribution in [0.15, 0.2) is 40.9 Å². The molecule has 0 aliphatic carbocycles. The molecule has 0 spiro atoms. The second-order valence-electron chi connectivity index (χ2n) is 3.08. The van der Waals surface area contributed by atoms with Gasteiger partial charge in [-0.3, -0.25) is 0 Å². The molecule has 1 aromatic carbocycles. The summed E-state index contributed by atoms with van der Waals surface area (Å²) in [4.78, 5) is 4.20. The first-order chi connectivity index (χ1) is 7.16. The zero-order valence-corrected chi connectivity index (χ0v) is 10.1. The van der Waals surface area contributed by atoms with Crippen LogP contribution in [-0.2, 0) is 0 Å². The standard InChI is InChI=1S/C11H8BrClN2/c12-8-3-1-7(2-4-8)10-6-5-9(14)11(13)15-10/h1-6H,14H2. The van der Waals surface area contributed by atoms with Gasteiger partial charge in [-0.25, -0.2) is 4.98 Å². The first-order valence-electron chi connectivity index (χ1n) is 4.35. The van der Waals surface area contributed by atoms with Crippen molar-refractivity contribution in [2.45, 2.75) is 0 Å². The molecule has 2 N–H and O–H groups in total. The lowest BCUT2D eigenvalue weighted by Crippen LogP contribution is -1.90. The summed E-state index contributed by atoms with van der Waals surface area (Å²) in [7, 11) is 0. The fourth-order valence-electron chi connectivity index (χ4n) is 1.23. The van der Waals surface area contributed by atoms with Gasteiger partial charge in [0.2, 0.25) is 0 Å². The molecule has 2 nitrogen and oxygen atoms in total. The molecule has 0 bridgehead atoms. The van der Waals surface area contributed by atoms with Crippen molar-refractivity contribution in [3.05, 3.63) is 46.0 Å². The van der Waals surface area contributed by atoms with E-state index in [2.05, 4.69) is 20.9 Å². The van der Waals surface area contributed by atoms with E-state index in [9.17, 15) is 0 Å². The van der Waals surface area contributed by atoms with Gasteiger partial charge in [-0.2, -0.15) is 0 Å². The van der Waals surface area contributed by atoms with E-state index in [4.69, 9.17) is 17.3 Å². The summed E-state index contributed by atoms with van der Waals surface area (Å²) in [6, 6.07) is 11.5. The van der Waals surface area contributed by atoms with E-state index in [1.54, 1.807) is 6.07 Å². The van der Waals surface area contributed by atoms with Crippen LogP contribution in [0, 0.1) is 0 Å². The molecule has 0 fully saturated rings. The summed E-state index contributed by atoms with van der Waals surface area (Å²) in [5.74, 6) is 0. The van der Waals surface area contributed by atoms with Gasteiger partial charge in [-0.15, -0.1) is 0 Å². The second kappa shape index (κ2) is 4.21. The van der Waals surface area contributed by atoms with Gasteiger partial charge in [0.1, 0.15) is 0 Å². The predicted molar refractivity (Wildman–Crippen MR) is 66.8 cm³/mol. The lowest BCUT2D eigenvalue weighted by molar-refractivity contribution is 1.33. The van der Waals surface area contributed by atoms with Crippen molar-refractivity contribution in [3.8, 4) is 11.3 Å². The van der Waals surface area contributed by atoms with Crippen LogP contribution in [0.2, 0.25) is 5.15 Å². The highest BCUT2D eigenvalue weighted by atomic mass is 79.9. The van der Waals surface area contributed by atoms with Crippen LogP contribution in [-0.4, -0.2) is 4.98 Å². The Balaban J connectivity index is 2.45. The third-order valence-corrected chi connectivity index (χ3v) is 2.85. The molecule has 0 saturated carbocycles. The van der Waals surface area contributed by atoms with Crippen LogP contribution in [0.3, 0.4) is 0 Å². The molecule has 0 aliphatic heterocycles. The predicted octanol–water partition coefficient (Wildman–Crippen LogP) is 3.75. The lowest BCUT2D eigenvalue weighted by Gasteiger charge is -2.03. The molecular formula is C11H8BrClN2. The van der Waals surface area contributed by atoms with E-state index in [0.717, 1.165) is 15.7 Å².